The van der Waals surface area contributed by atoms with E-state index in [1.54, 1.807) is 19.9 Å². The van der Waals surface area contributed by atoms with Crippen molar-refractivity contribution in [1.82, 2.24) is 10.3 Å². The molecule has 0 bridgehead atoms. The molecule has 1 aromatic heterocycles. The van der Waals surface area contributed by atoms with E-state index in [0.717, 1.165) is 22.9 Å². The quantitative estimate of drug-likeness (QED) is 0.592. The highest BCUT2D eigenvalue weighted by molar-refractivity contribution is 6.15. The van der Waals surface area contributed by atoms with Gasteiger partial charge in [0.2, 0.25) is 5.91 Å². The summed E-state index contributed by atoms with van der Waals surface area (Å²) in [5.41, 5.74) is 2.81. The minimum absolute atomic E-state index is 0.0353. The van der Waals surface area contributed by atoms with Crippen LogP contribution in [0.25, 0.3) is 11.3 Å². The van der Waals surface area contributed by atoms with E-state index in [2.05, 4.69) is 16.2 Å². The Bertz CT molecular complexity index is 1070. The first-order chi connectivity index (χ1) is 14.5. The van der Waals surface area contributed by atoms with E-state index in [-0.39, 0.29) is 30.3 Å². The van der Waals surface area contributed by atoms with Crippen molar-refractivity contribution in [3.05, 3.63) is 53.0 Å². The number of rotatable bonds is 5. The molecule has 31 heavy (non-hydrogen) atoms. The molecule has 0 spiro atoms. The van der Waals surface area contributed by atoms with Gasteiger partial charge >= 0.3 is 0 Å². The molecule has 1 N–H and O–H groups in total. The highest BCUT2D eigenvalue weighted by atomic mass is 19.1. The van der Waals surface area contributed by atoms with Crippen molar-refractivity contribution in [2.45, 2.75) is 52.0 Å². The lowest BCUT2D eigenvalue weighted by molar-refractivity contribution is -0.129. The van der Waals surface area contributed by atoms with Crippen molar-refractivity contribution in [1.29, 1.82) is 0 Å². The predicted molar refractivity (Wildman–Crippen MR) is 116 cm³/mol. The van der Waals surface area contributed by atoms with E-state index in [0.29, 0.717) is 11.3 Å². The SMILES string of the molecule is C#CC(C)(C)NC(=O)CC1CC(=O)C(c2c(C)cc(-c3ccc(F)cn3)cc2C)C1=O. The summed E-state index contributed by atoms with van der Waals surface area (Å²) < 4.78 is 13.2. The molecule has 2 aromatic rings. The number of aromatic nitrogens is 1. The summed E-state index contributed by atoms with van der Waals surface area (Å²) in [5, 5.41) is 2.70. The number of Topliss-reactive ketones (excluding diaryl/α,β-unsaturated/α-hetero) is 2. The molecule has 3 rings (SSSR count). The van der Waals surface area contributed by atoms with Gasteiger partial charge in [0.1, 0.15) is 17.5 Å². The van der Waals surface area contributed by atoms with Crippen molar-refractivity contribution in [3.8, 4) is 23.6 Å². The molecule has 0 radical (unpaired) electrons. The number of nitrogens with zero attached hydrogens (tertiary/aromatic N) is 1. The van der Waals surface area contributed by atoms with Crippen molar-refractivity contribution in [2.24, 2.45) is 5.92 Å². The lowest BCUT2D eigenvalue weighted by Crippen LogP contribution is -2.43. The van der Waals surface area contributed by atoms with Crippen LogP contribution in [0.3, 0.4) is 0 Å². The Morgan fingerprint density at radius 2 is 1.90 bits per heavy atom. The molecule has 1 saturated carbocycles. The number of terminal acetylenes is 1. The van der Waals surface area contributed by atoms with Gasteiger partial charge in [0, 0.05) is 24.3 Å². The number of hydrogen-bond donors (Lipinski definition) is 1. The van der Waals surface area contributed by atoms with Gasteiger partial charge in [0.25, 0.3) is 0 Å². The fourth-order valence-electron chi connectivity index (χ4n) is 4.12. The minimum Gasteiger partial charge on any atom is -0.340 e. The lowest BCUT2D eigenvalue weighted by Gasteiger charge is -2.20. The lowest BCUT2D eigenvalue weighted by atomic mass is 9.85. The van der Waals surface area contributed by atoms with E-state index in [1.807, 2.05) is 26.0 Å². The first-order valence-corrected chi connectivity index (χ1v) is 10.1. The second-order valence-electron chi connectivity index (χ2n) is 8.61. The highest BCUT2D eigenvalue weighted by Gasteiger charge is 2.44. The predicted octanol–water partition coefficient (Wildman–Crippen LogP) is 3.66. The van der Waals surface area contributed by atoms with Crippen molar-refractivity contribution in [3.63, 3.8) is 0 Å². The van der Waals surface area contributed by atoms with Crippen LogP contribution in [-0.4, -0.2) is 28.0 Å². The van der Waals surface area contributed by atoms with Gasteiger partial charge in [-0.05, 0) is 68.7 Å². The van der Waals surface area contributed by atoms with Crippen LogP contribution in [0, 0.1) is 37.9 Å². The van der Waals surface area contributed by atoms with Crippen LogP contribution in [0.15, 0.2) is 30.5 Å². The summed E-state index contributed by atoms with van der Waals surface area (Å²) in [7, 11) is 0. The van der Waals surface area contributed by atoms with Gasteiger partial charge in [-0.2, -0.15) is 0 Å². The van der Waals surface area contributed by atoms with E-state index < -0.39 is 23.2 Å². The second kappa shape index (κ2) is 8.43. The van der Waals surface area contributed by atoms with Gasteiger partial charge in [-0.15, -0.1) is 6.42 Å². The Hall–Kier alpha value is -3.33. The number of carbonyl (C=O) groups is 3. The van der Waals surface area contributed by atoms with E-state index in [4.69, 9.17) is 6.42 Å². The fraction of sp³-hybridized carbons (Fsp3) is 0.360. The van der Waals surface area contributed by atoms with Crippen LogP contribution < -0.4 is 5.32 Å². The van der Waals surface area contributed by atoms with E-state index in [1.165, 1.54) is 6.07 Å². The molecule has 1 amide bonds. The molecule has 2 atom stereocenters. The number of benzene rings is 1. The summed E-state index contributed by atoms with van der Waals surface area (Å²) in [5.74, 6) is -0.253. The molecule has 6 heteroatoms. The summed E-state index contributed by atoms with van der Waals surface area (Å²) in [6.45, 7) is 7.07. The maximum atomic E-state index is 13.2. The number of halogens is 1. The third-order valence-electron chi connectivity index (χ3n) is 5.61. The zero-order valence-electron chi connectivity index (χ0n) is 18.1. The second-order valence-corrected chi connectivity index (χ2v) is 8.61. The standard InChI is InChI=1S/C25H25FN2O3/c1-6-25(4,5)28-21(30)12-17-11-20(29)23(24(17)31)22-14(2)9-16(10-15(22)3)19-8-7-18(26)13-27-19/h1,7-10,13,17,23H,11-12H2,2-5H3,(H,28,30). The maximum Gasteiger partial charge on any atom is 0.221 e. The van der Waals surface area contributed by atoms with Crippen LogP contribution in [0.1, 0.15) is 49.3 Å². The highest BCUT2D eigenvalue weighted by Crippen LogP contribution is 2.38. The van der Waals surface area contributed by atoms with Gasteiger partial charge in [-0.25, -0.2) is 4.39 Å². The molecule has 1 heterocycles. The Kier molecular flexibility index (Phi) is 6.08. The van der Waals surface area contributed by atoms with Crippen LogP contribution in [0.2, 0.25) is 0 Å². The van der Waals surface area contributed by atoms with E-state index >= 15 is 0 Å². The molecular formula is C25H25FN2O3. The number of amides is 1. The molecule has 2 unspecified atom stereocenters. The number of pyridine rings is 1. The van der Waals surface area contributed by atoms with Gasteiger partial charge < -0.3 is 5.32 Å². The Morgan fingerprint density at radius 3 is 2.45 bits per heavy atom. The Morgan fingerprint density at radius 1 is 1.26 bits per heavy atom. The fourth-order valence-corrected chi connectivity index (χ4v) is 4.12. The van der Waals surface area contributed by atoms with Crippen molar-refractivity contribution >= 4 is 17.5 Å². The first kappa shape index (κ1) is 22.4. The molecule has 1 aliphatic rings. The number of aryl methyl sites for hydroxylation is 2. The largest absolute Gasteiger partial charge is 0.340 e. The summed E-state index contributed by atoms with van der Waals surface area (Å²) in [6, 6.07) is 6.61. The van der Waals surface area contributed by atoms with Crippen molar-refractivity contribution in [2.75, 3.05) is 0 Å². The zero-order valence-corrected chi connectivity index (χ0v) is 18.1. The molecule has 0 saturated heterocycles. The Labute approximate surface area is 181 Å². The number of nitrogens with one attached hydrogen (secondary N) is 1. The molecule has 0 aliphatic heterocycles. The van der Waals surface area contributed by atoms with Crippen LogP contribution in [0.4, 0.5) is 4.39 Å². The zero-order chi connectivity index (χ0) is 22.9. The first-order valence-electron chi connectivity index (χ1n) is 10.1. The molecule has 1 aromatic carbocycles. The third kappa shape index (κ3) is 4.72. The third-order valence-corrected chi connectivity index (χ3v) is 5.61. The van der Waals surface area contributed by atoms with Crippen molar-refractivity contribution < 1.29 is 18.8 Å². The van der Waals surface area contributed by atoms with Gasteiger partial charge in [0.05, 0.1) is 17.4 Å². The monoisotopic (exact) mass is 420 g/mol. The van der Waals surface area contributed by atoms with Gasteiger partial charge in [-0.3, -0.25) is 19.4 Å². The van der Waals surface area contributed by atoms with Gasteiger partial charge in [-0.1, -0.05) is 5.92 Å². The van der Waals surface area contributed by atoms with Crippen LogP contribution in [0.5, 0.6) is 0 Å². The molecule has 5 nitrogen and oxygen atoms in total. The maximum absolute atomic E-state index is 13.2. The number of ketones is 2. The minimum atomic E-state index is -0.881. The van der Waals surface area contributed by atoms with Gasteiger partial charge in [0.15, 0.2) is 5.78 Å². The molecule has 1 fully saturated rings. The molecule has 1 aliphatic carbocycles. The van der Waals surface area contributed by atoms with Crippen LogP contribution in [-0.2, 0) is 14.4 Å². The number of hydrogen-bond acceptors (Lipinski definition) is 4. The Balaban J connectivity index is 1.85. The summed E-state index contributed by atoms with van der Waals surface area (Å²) in [4.78, 5) is 42.3. The summed E-state index contributed by atoms with van der Waals surface area (Å²) in [6.07, 6.45) is 6.51. The summed E-state index contributed by atoms with van der Waals surface area (Å²) >= 11 is 0. The normalized spacial score (nSPS) is 18.7. The van der Waals surface area contributed by atoms with Crippen LogP contribution >= 0.6 is 0 Å². The van der Waals surface area contributed by atoms with E-state index in [9.17, 15) is 18.8 Å². The smallest absolute Gasteiger partial charge is 0.221 e. The number of carbonyl (C=O) groups excluding carboxylic acids is 3. The molecule has 160 valence electrons. The topological polar surface area (TPSA) is 76.1 Å². The average Bonchev–Trinajstić information content (AvgIpc) is 2.95. The average molecular weight is 420 g/mol. The molecular weight excluding hydrogens is 395 g/mol.